The molecule has 1 aliphatic rings. The molecule has 0 aromatic heterocycles. The number of allylic oxidation sites excluding steroid dienone is 1. The molecule has 9 nitrogen and oxygen atoms in total. The molecule has 0 radical (unpaired) electrons. The number of hydrogen-bond donors (Lipinski definition) is 4. The van der Waals surface area contributed by atoms with Crippen molar-refractivity contribution in [2.24, 2.45) is 5.92 Å². The third kappa shape index (κ3) is 7.83. The van der Waals surface area contributed by atoms with Gasteiger partial charge in [0.25, 0.3) is 5.91 Å². The molecule has 6 atom stereocenters. The van der Waals surface area contributed by atoms with Crippen LogP contribution >= 0.6 is 0 Å². The predicted octanol–water partition coefficient (Wildman–Crippen LogP) is 1.39. The molecule has 10 heteroatoms. The van der Waals surface area contributed by atoms with Crippen molar-refractivity contribution in [2.75, 3.05) is 13.7 Å². The van der Waals surface area contributed by atoms with E-state index in [0.717, 1.165) is 6.42 Å². The van der Waals surface area contributed by atoms with E-state index < -0.39 is 42.2 Å². The lowest BCUT2D eigenvalue weighted by molar-refractivity contribution is -0.151. The van der Waals surface area contributed by atoms with Crippen molar-refractivity contribution >= 4 is 11.8 Å². The van der Waals surface area contributed by atoms with Gasteiger partial charge >= 0.3 is 0 Å². The summed E-state index contributed by atoms with van der Waals surface area (Å²) in [6, 6.07) is 4.95. The molecule has 0 aliphatic carbocycles. The molecule has 1 unspecified atom stereocenters. The molecule has 1 aromatic carbocycles. The third-order valence-corrected chi connectivity index (χ3v) is 6.42. The number of ether oxygens (including phenoxy) is 1. The van der Waals surface area contributed by atoms with Gasteiger partial charge in [-0.3, -0.25) is 9.59 Å². The standard InChI is InChI=1S/C26H36FN3O6/c1-4-16(2)8-11-21(31)22(32)23(33)24(36-3)25(34)29-20-7-5-6-12-30(26(20)35)15-17-9-10-19(27)18(13-17)14-28/h8-11,13,16,20-24,31-33H,4-7,12,15H2,1-3H3,(H,29,34)/b11-8+/t16?,20-,21+,22-,23+,24+/m0/s1. The molecule has 1 saturated heterocycles. The maximum Gasteiger partial charge on any atom is 0.252 e. The molecule has 2 rings (SSSR count). The van der Waals surface area contributed by atoms with Gasteiger partial charge in [0.15, 0.2) is 6.10 Å². The molecule has 1 aromatic rings. The third-order valence-electron chi connectivity index (χ3n) is 6.42. The van der Waals surface area contributed by atoms with Crippen LogP contribution in [0, 0.1) is 23.1 Å². The number of nitrogens with one attached hydrogen (secondary N) is 1. The Morgan fingerprint density at radius 2 is 2.03 bits per heavy atom. The quantitative estimate of drug-likeness (QED) is 0.333. The van der Waals surface area contributed by atoms with E-state index >= 15 is 0 Å². The first kappa shape index (κ1) is 29.4. The van der Waals surface area contributed by atoms with Crippen LogP contribution in [0.15, 0.2) is 30.4 Å². The zero-order valence-electron chi connectivity index (χ0n) is 20.9. The van der Waals surface area contributed by atoms with Crippen molar-refractivity contribution in [3.63, 3.8) is 0 Å². The summed E-state index contributed by atoms with van der Waals surface area (Å²) in [6.07, 6.45) is -0.747. The summed E-state index contributed by atoms with van der Waals surface area (Å²) in [5, 5.41) is 42.7. The molecule has 1 fully saturated rings. The van der Waals surface area contributed by atoms with E-state index in [9.17, 15) is 29.3 Å². The molecule has 1 aliphatic heterocycles. The molecule has 4 N–H and O–H groups in total. The van der Waals surface area contributed by atoms with Crippen LogP contribution in [-0.4, -0.2) is 76.1 Å². The van der Waals surface area contributed by atoms with Crippen LogP contribution in [-0.2, 0) is 20.9 Å². The fourth-order valence-electron chi connectivity index (χ4n) is 3.96. The number of amides is 2. The molecule has 198 valence electrons. The van der Waals surface area contributed by atoms with E-state index in [2.05, 4.69) is 5.32 Å². The molecular weight excluding hydrogens is 469 g/mol. The van der Waals surface area contributed by atoms with Crippen molar-refractivity contribution in [3.05, 3.63) is 47.3 Å². The maximum atomic E-state index is 13.7. The van der Waals surface area contributed by atoms with Gasteiger partial charge in [0, 0.05) is 20.2 Å². The average molecular weight is 506 g/mol. The number of nitrogens with zero attached hydrogens (tertiary/aromatic N) is 2. The number of nitriles is 1. The van der Waals surface area contributed by atoms with E-state index in [0.29, 0.717) is 31.4 Å². The van der Waals surface area contributed by atoms with Crippen LogP contribution in [0.3, 0.4) is 0 Å². The molecule has 1 heterocycles. The zero-order valence-corrected chi connectivity index (χ0v) is 20.9. The Labute approximate surface area is 211 Å². The van der Waals surface area contributed by atoms with Gasteiger partial charge in [-0.25, -0.2) is 4.39 Å². The normalized spacial score (nSPS) is 20.8. The Morgan fingerprint density at radius 1 is 1.31 bits per heavy atom. The van der Waals surface area contributed by atoms with E-state index in [1.54, 1.807) is 12.1 Å². The lowest BCUT2D eigenvalue weighted by Crippen LogP contribution is -2.55. The van der Waals surface area contributed by atoms with Gasteiger partial charge in [0.1, 0.15) is 36.2 Å². The highest BCUT2D eigenvalue weighted by Gasteiger charge is 2.37. The molecule has 0 saturated carbocycles. The molecule has 0 spiro atoms. The number of halogens is 1. The lowest BCUT2D eigenvalue weighted by atomic mass is 9.99. The van der Waals surface area contributed by atoms with Crippen molar-refractivity contribution in [2.45, 2.75) is 76.5 Å². The number of carbonyl (C=O) groups excluding carboxylic acids is 2. The Bertz CT molecular complexity index is 965. The van der Waals surface area contributed by atoms with Crippen molar-refractivity contribution in [3.8, 4) is 6.07 Å². The first-order valence-electron chi connectivity index (χ1n) is 12.2. The average Bonchev–Trinajstić information content (AvgIpc) is 3.04. The largest absolute Gasteiger partial charge is 0.387 e. The second-order valence-electron chi connectivity index (χ2n) is 9.14. The number of methoxy groups -OCH3 is 1. The minimum atomic E-state index is -1.74. The number of likely N-dealkylation sites (tertiary alicyclic amines) is 1. The van der Waals surface area contributed by atoms with Crippen LogP contribution < -0.4 is 5.32 Å². The molecule has 36 heavy (non-hydrogen) atoms. The number of aliphatic hydroxyl groups is 3. The minimum Gasteiger partial charge on any atom is -0.387 e. The summed E-state index contributed by atoms with van der Waals surface area (Å²) in [7, 11) is 1.18. The van der Waals surface area contributed by atoms with Gasteiger partial charge in [0.05, 0.1) is 5.56 Å². The predicted molar refractivity (Wildman–Crippen MR) is 130 cm³/mol. The first-order chi connectivity index (χ1) is 17.1. The van der Waals surface area contributed by atoms with Crippen LogP contribution in [0.25, 0.3) is 0 Å². The van der Waals surface area contributed by atoms with Crippen LogP contribution in [0.1, 0.15) is 50.7 Å². The van der Waals surface area contributed by atoms with E-state index in [4.69, 9.17) is 10.00 Å². The molecular formula is C26H36FN3O6. The highest BCUT2D eigenvalue weighted by atomic mass is 19.1. The first-order valence-corrected chi connectivity index (χ1v) is 12.2. The topological polar surface area (TPSA) is 143 Å². The molecule has 0 bridgehead atoms. The lowest BCUT2D eigenvalue weighted by Gasteiger charge is -2.29. The molecule has 2 amide bonds. The number of carbonyl (C=O) groups is 2. The van der Waals surface area contributed by atoms with Gasteiger partial charge in [-0.15, -0.1) is 0 Å². The summed E-state index contributed by atoms with van der Waals surface area (Å²) in [5.41, 5.74) is 0.470. The Morgan fingerprint density at radius 3 is 2.67 bits per heavy atom. The summed E-state index contributed by atoms with van der Waals surface area (Å²) in [4.78, 5) is 27.6. The fourth-order valence-corrected chi connectivity index (χ4v) is 3.96. The summed E-state index contributed by atoms with van der Waals surface area (Å²) in [6.45, 7) is 4.47. The smallest absolute Gasteiger partial charge is 0.252 e. The van der Waals surface area contributed by atoms with Crippen molar-refractivity contribution in [1.29, 1.82) is 5.26 Å². The van der Waals surface area contributed by atoms with E-state index in [1.165, 1.54) is 36.3 Å². The van der Waals surface area contributed by atoms with Gasteiger partial charge in [-0.1, -0.05) is 38.5 Å². The van der Waals surface area contributed by atoms with Crippen LogP contribution in [0.4, 0.5) is 4.39 Å². The number of rotatable bonds is 11. The second kappa shape index (κ2) is 14.0. The fraction of sp³-hybridized carbons (Fsp3) is 0.577. The van der Waals surface area contributed by atoms with Crippen LogP contribution in [0.5, 0.6) is 0 Å². The van der Waals surface area contributed by atoms with Gasteiger partial charge in [0.2, 0.25) is 5.91 Å². The monoisotopic (exact) mass is 505 g/mol. The summed E-state index contributed by atoms with van der Waals surface area (Å²) in [5.74, 6) is -1.63. The van der Waals surface area contributed by atoms with Crippen LogP contribution in [0.2, 0.25) is 0 Å². The Balaban J connectivity index is 2.08. The Kier molecular flexibility index (Phi) is 11.5. The van der Waals surface area contributed by atoms with Gasteiger partial charge < -0.3 is 30.3 Å². The number of benzene rings is 1. The Hall–Kier alpha value is -2.84. The van der Waals surface area contributed by atoms with Gasteiger partial charge in [-0.05, 0) is 42.9 Å². The zero-order chi connectivity index (χ0) is 26.8. The highest BCUT2D eigenvalue weighted by molar-refractivity contribution is 5.89. The highest BCUT2D eigenvalue weighted by Crippen LogP contribution is 2.18. The maximum absolute atomic E-state index is 13.7. The SMILES string of the molecule is CCC(C)/C=C/[C@@H](O)[C@H](O)[C@@H](O)[C@@H](OC)C(=O)N[C@H]1CCCCN(Cc2ccc(F)c(C#N)c2)C1=O. The number of hydrogen-bond acceptors (Lipinski definition) is 7. The number of aliphatic hydroxyl groups excluding tert-OH is 3. The van der Waals surface area contributed by atoms with Crippen molar-refractivity contribution in [1.82, 2.24) is 10.2 Å². The van der Waals surface area contributed by atoms with Gasteiger partial charge in [-0.2, -0.15) is 5.26 Å². The summed E-state index contributed by atoms with van der Waals surface area (Å²) >= 11 is 0. The second-order valence-corrected chi connectivity index (χ2v) is 9.14. The van der Waals surface area contributed by atoms with Crippen molar-refractivity contribution < 1.29 is 34.0 Å². The minimum absolute atomic E-state index is 0.115. The van der Waals surface area contributed by atoms with E-state index in [-0.39, 0.29) is 23.9 Å². The summed E-state index contributed by atoms with van der Waals surface area (Å²) < 4.78 is 18.8. The van der Waals surface area contributed by atoms with E-state index in [1.807, 2.05) is 13.8 Å².